The third-order valence-corrected chi connectivity index (χ3v) is 3.76. The van der Waals surface area contributed by atoms with Crippen LogP contribution in [0.1, 0.15) is 39.0 Å². The number of carboxylic acids is 1. The Bertz CT molecular complexity index is 250. The Morgan fingerprint density at radius 3 is 2.60 bits per heavy atom. The zero-order valence-corrected chi connectivity index (χ0v) is 9.16. The summed E-state index contributed by atoms with van der Waals surface area (Å²) in [4.78, 5) is 11.4. The van der Waals surface area contributed by atoms with Gasteiger partial charge in [0, 0.05) is 19.1 Å². The number of carboxylic acid groups (broad SMARTS) is 1. The summed E-state index contributed by atoms with van der Waals surface area (Å²) in [6.45, 7) is 2.40. The molecule has 1 aliphatic carbocycles. The molecule has 0 aromatic carbocycles. The fourth-order valence-electron chi connectivity index (χ4n) is 2.71. The topological polar surface area (TPSA) is 58.6 Å². The van der Waals surface area contributed by atoms with Crippen LogP contribution in [0.5, 0.6) is 0 Å². The Balaban J connectivity index is 2.08. The van der Waals surface area contributed by atoms with Gasteiger partial charge < -0.3 is 9.84 Å². The lowest BCUT2D eigenvalue weighted by Gasteiger charge is -2.32. The van der Waals surface area contributed by atoms with Gasteiger partial charge in [-0.05, 0) is 19.8 Å². The second kappa shape index (κ2) is 4.10. The molecule has 1 saturated carbocycles. The lowest BCUT2D eigenvalue weighted by molar-refractivity contribution is -0.147. The summed E-state index contributed by atoms with van der Waals surface area (Å²) in [5, 5.41) is 12.7. The molecule has 1 heterocycles. The maximum absolute atomic E-state index is 11.4. The SMILES string of the molecule is CC1OCCC1(NC1CCCC1)C(=O)O. The summed E-state index contributed by atoms with van der Waals surface area (Å²) >= 11 is 0. The van der Waals surface area contributed by atoms with E-state index in [-0.39, 0.29) is 6.10 Å². The molecule has 0 bridgehead atoms. The Morgan fingerprint density at radius 2 is 2.13 bits per heavy atom. The minimum atomic E-state index is -0.838. The summed E-state index contributed by atoms with van der Waals surface area (Å²) in [5.41, 5.74) is -0.838. The van der Waals surface area contributed by atoms with Crippen LogP contribution in [0.25, 0.3) is 0 Å². The maximum atomic E-state index is 11.4. The van der Waals surface area contributed by atoms with Crippen molar-refractivity contribution in [3.05, 3.63) is 0 Å². The average molecular weight is 213 g/mol. The molecule has 4 heteroatoms. The van der Waals surface area contributed by atoms with Crippen molar-refractivity contribution in [2.24, 2.45) is 0 Å². The van der Waals surface area contributed by atoms with Crippen molar-refractivity contribution in [2.45, 2.75) is 56.7 Å². The van der Waals surface area contributed by atoms with Gasteiger partial charge in [-0.15, -0.1) is 0 Å². The van der Waals surface area contributed by atoms with Crippen molar-refractivity contribution in [3.63, 3.8) is 0 Å². The highest BCUT2D eigenvalue weighted by atomic mass is 16.5. The standard InChI is InChI=1S/C11H19NO3/c1-8-11(10(13)14,6-7-15-8)12-9-4-2-3-5-9/h8-9,12H,2-7H2,1H3,(H,13,14). The molecule has 0 aromatic heterocycles. The molecule has 15 heavy (non-hydrogen) atoms. The van der Waals surface area contributed by atoms with Gasteiger partial charge in [0.2, 0.25) is 0 Å². The summed E-state index contributed by atoms with van der Waals surface area (Å²) in [6, 6.07) is 0.366. The molecule has 2 unspecified atom stereocenters. The largest absolute Gasteiger partial charge is 0.480 e. The molecule has 2 atom stereocenters. The van der Waals surface area contributed by atoms with Crippen LogP contribution >= 0.6 is 0 Å². The van der Waals surface area contributed by atoms with Gasteiger partial charge in [0.15, 0.2) is 0 Å². The lowest BCUT2D eigenvalue weighted by Crippen LogP contribution is -2.59. The van der Waals surface area contributed by atoms with Crippen LogP contribution in [0.3, 0.4) is 0 Å². The van der Waals surface area contributed by atoms with Crippen LogP contribution in [-0.4, -0.2) is 35.4 Å². The fourth-order valence-corrected chi connectivity index (χ4v) is 2.71. The normalized spacial score (nSPS) is 37.3. The van der Waals surface area contributed by atoms with Crippen LogP contribution in [-0.2, 0) is 9.53 Å². The van der Waals surface area contributed by atoms with E-state index in [1.807, 2.05) is 6.92 Å². The van der Waals surface area contributed by atoms with Crippen molar-refractivity contribution >= 4 is 5.97 Å². The molecule has 2 fully saturated rings. The van der Waals surface area contributed by atoms with Gasteiger partial charge >= 0.3 is 5.97 Å². The third kappa shape index (κ3) is 1.88. The van der Waals surface area contributed by atoms with Crippen molar-refractivity contribution in [2.75, 3.05) is 6.61 Å². The molecular formula is C11H19NO3. The smallest absolute Gasteiger partial charge is 0.326 e. The Hall–Kier alpha value is -0.610. The highest BCUT2D eigenvalue weighted by molar-refractivity contribution is 5.80. The number of rotatable bonds is 3. The van der Waals surface area contributed by atoms with Gasteiger partial charge in [-0.1, -0.05) is 12.8 Å². The Labute approximate surface area is 90.0 Å². The zero-order chi connectivity index (χ0) is 10.9. The first-order chi connectivity index (χ1) is 7.15. The van der Waals surface area contributed by atoms with Crippen LogP contribution < -0.4 is 5.32 Å². The molecule has 2 aliphatic rings. The summed E-state index contributed by atoms with van der Waals surface area (Å²) in [6.07, 6.45) is 4.98. The second-order valence-corrected chi connectivity index (χ2v) is 4.67. The van der Waals surface area contributed by atoms with E-state index < -0.39 is 11.5 Å². The van der Waals surface area contributed by atoms with Gasteiger partial charge in [-0.25, -0.2) is 0 Å². The first-order valence-corrected chi connectivity index (χ1v) is 5.78. The summed E-state index contributed by atoms with van der Waals surface area (Å²) in [5.74, 6) is -0.764. The van der Waals surface area contributed by atoms with Gasteiger partial charge in [-0.2, -0.15) is 0 Å². The monoisotopic (exact) mass is 213 g/mol. The summed E-state index contributed by atoms with van der Waals surface area (Å²) < 4.78 is 5.40. The van der Waals surface area contributed by atoms with Crippen molar-refractivity contribution in [3.8, 4) is 0 Å². The molecule has 4 nitrogen and oxygen atoms in total. The first kappa shape index (κ1) is 10.9. The van der Waals surface area contributed by atoms with Crippen molar-refractivity contribution < 1.29 is 14.6 Å². The second-order valence-electron chi connectivity index (χ2n) is 4.67. The minimum Gasteiger partial charge on any atom is -0.480 e. The molecule has 0 amide bonds. The Morgan fingerprint density at radius 1 is 1.47 bits per heavy atom. The van der Waals surface area contributed by atoms with Gasteiger partial charge in [-0.3, -0.25) is 10.1 Å². The van der Waals surface area contributed by atoms with E-state index in [1.54, 1.807) is 0 Å². The average Bonchev–Trinajstić information content (AvgIpc) is 2.78. The van der Waals surface area contributed by atoms with Gasteiger partial charge in [0.1, 0.15) is 5.54 Å². The van der Waals surface area contributed by atoms with E-state index in [1.165, 1.54) is 12.8 Å². The van der Waals surface area contributed by atoms with Crippen molar-refractivity contribution in [1.29, 1.82) is 0 Å². The molecular weight excluding hydrogens is 194 g/mol. The van der Waals surface area contributed by atoms with E-state index in [9.17, 15) is 9.90 Å². The number of ether oxygens (including phenoxy) is 1. The van der Waals surface area contributed by atoms with Gasteiger partial charge in [0.25, 0.3) is 0 Å². The van der Waals surface area contributed by atoms with Gasteiger partial charge in [0.05, 0.1) is 6.10 Å². The quantitative estimate of drug-likeness (QED) is 0.738. The van der Waals surface area contributed by atoms with E-state index in [0.29, 0.717) is 19.1 Å². The highest BCUT2D eigenvalue weighted by Crippen LogP contribution is 2.29. The molecule has 86 valence electrons. The fraction of sp³-hybridized carbons (Fsp3) is 0.909. The minimum absolute atomic E-state index is 0.226. The van der Waals surface area contributed by atoms with E-state index in [2.05, 4.69) is 5.32 Å². The Kier molecular flexibility index (Phi) is 2.98. The number of aliphatic carboxylic acids is 1. The lowest BCUT2D eigenvalue weighted by atomic mass is 9.91. The molecule has 1 saturated heterocycles. The molecule has 2 rings (SSSR count). The molecule has 1 aliphatic heterocycles. The number of carbonyl (C=O) groups is 1. The third-order valence-electron chi connectivity index (χ3n) is 3.76. The molecule has 2 N–H and O–H groups in total. The van der Waals surface area contributed by atoms with Crippen LogP contribution in [0.15, 0.2) is 0 Å². The number of hydrogen-bond donors (Lipinski definition) is 2. The molecule has 0 aromatic rings. The highest BCUT2D eigenvalue weighted by Gasteiger charge is 2.49. The molecule has 0 spiro atoms. The maximum Gasteiger partial charge on any atom is 0.326 e. The van der Waals surface area contributed by atoms with Crippen molar-refractivity contribution in [1.82, 2.24) is 5.32 Å². The van der Waals surface area contributed by atoms with E-state index in [4.69, 9.17) is 4.74 Å². The van der Waals surface area contributed by atoms with Crippen LogP contribution in [0.2, 0.25) is 0 Å². The number of hydrogen-bond acceptors (Lipinski definition) is 3. The molecule has 0 radical (unpaired) electrons. The van der Waals surface area contributed by atoms with Crippen LogP contribution in [0, 0.1) is 0 Å². The summed E-state index contributed by atoms with van der Waals surface area (Å²) in [7, 11) is 0. The van der Waals surface area contributed by atoms with E-state index >= 15 is 0 Å². The zero-order valence-electron chi connectivity index (χ0n) is 9.16. The predicted molar refractivity (Wildman–Crippen MR) is 55.8 cm³/mol. The predicted octanol–water partition coefficient (Wildman–Crippen LogP) is 1.15. The first-order valence-electron chi connectivity index (χ1n) is 5.78. The number of nitrogens with one attached hydrogen (secondary N) is 1. The van der Waals surface area contributed by atoms with E-state index in [0.717, 1.165) is 12.8 Å². The van der Waals surface area contributed by atoms with Crippen LogP contribution in [0.4, 0.5) is 0 Å².